The number of benzene rings is 1. The standard InChI is InChI=1S/C6H6O3S2.Au.K/c7-8-9-11-6-3-1-5(10)2-4-6;;/h1-4,7,10H;;/q;2*+1/p-2. The van der Waals surface area contributed by atoms with Crippen LogP contribution in [-0.4, -0.2) is 0 Å². The summed E-state index contributed by atoms with van der Waals surface area (Å²) in [6, 6.07) is 6.97. The van der Waals surface area contributed by atoms with Crippen LogP contribution in [0.25, 0.3) is 0 Å². The largest absolute Gasteiger partial charge is 1.00 e. The number of hydrogen-bond donors (Lipinski definition) is 0. The van der Waals surface area contributed by atoms with Crippen molar-refractivity contribution in [3.8, 4) is 0 Å². The average molecular weight is 424 g/mol. The van der Waals surface area contributed by atoms with E-state index < -0.39 is 0 Å². The van der Waals surface area contributed by atoms with Crippen LogP contribution >= 0.6 is 12.0 Å². The fourth-order valence-corrected chi connectivity index (χ4v) is 1.04. The smallest absolute Gasteiger partial charge is 0.780 e. The second-order valence-electron chi connectivity index (χ2n) is 1.69. The third-order valence-electron chi connectivity index (χ3n) is 0.982. The van der Waals surface area contributed by atoms with Crippen molar-refractivity contribution in [2.24, 2.45) is 0 Å². The molecule has 0 bridgehead atoms. The molecule has 0 aliphatic carbocycles. The molecule has 0 heterocycles. The first-order valence-electron chi connectivity index (χ1n) is 2.73. The van der Waals surface area contributed by atoms with Crippen LogP contribution in [0.15, 0.2) is 34.1 Å². The van der Waals surface area contributed by atoms with E-state index in [1.807, 2.05) is 0 Å². The maximum absolute atomic E-state index is 9.41. The Labute approximate surface area is 144 Å². The van der Waals surface area contributed by atoms with Crippen LogP contribution in [-0.2, 0) is 44.4 Å². The van der Waals surface area contributed by atoms with Crippen molar-refractivity contribution < 1.29 is 88.4 Å². The Kier molecular flexibility index (Phi) is 14.2. The normalized spacial score (nSPS) is 8.38. The molecule has 0 radical (unpaired) electrons. The second kappa shape index (κ2) is 10.6. The Hall–Kier alpha value is 2.05. The molecule has 7 heteroatoms. The van der Waals surface area contributed by atoms with E-state index in [1.165, 1.54) is 0 Å². The van der Waals surface area contributed by atoms with Crippen LogP contribution in [0.2, 0.25) is 0 Å². The molecule has 1 aromatic carbocycles. The molecular weight excluding hydrogens is 420 g/mol. The Morgan fingerprint density at radius 1 is 1.23 bits per heavy atom. The third kappa shape index (κ3) is 7.92. The van der Waals surface area contributed by atoms with Gasteiger partial charge in [-0.3, -0.25) is 5.04 Å². The van der Waals surface area contributed by atoms with Gasteiger partial charge in [0.05, 0.1) is 12.0 Å². The zero-order valence-electron chi connectivity index (χ0n) is 6.65. The first kappa shape index (κ1) is 17.4. The molecule has 13 heavy (non-hydrogen) atoms. The Morgan fingerprint density at radius 3 is 2.23 bits per heavy atom. The molecule has 0 aromatic heterocycles. The van der Waals surface area contributed by atoms with Gasteiger partial charge in [-0.15, -0.1) is 0 Å². The van der Waals surface area contributed by atoms with Gasteiger partial charge >= 0.3 is 73.8 Å². The van der Waals surface area contributed by atoms with Crippen molar-refractivity contribution in [3.05, 3.63) is 24.3 Å². The summed E-state index contributed by atoms with van der Waals surface area (Å²) in [4.78, 5) is 1.52. The Balaban J connectivity index is 0. The van der Waals surface area contributed by atoms with Crippen LogP contribution in [0.1, 0.15) is 0 Å². The van der Waals surface area contributed by atoms with Crippen LogP contribution in [0.5, 0.6) is 0 Å². The van der Waals surface area contributed by atoms with E-state index in [4.69, 9.17) is 12.6 Å². The molecule has 0 saturated heterocycles. The van der Waals surface area contributed by atoms with Gasteiger partial charge in [0.1, 0.15) is 0 Å². The molecule has 0 saturated carbocycles. The van der Waals surface area contributed by atoms with E-state index in [0.29, 0.717) is 0 Å². The first-order valence-corrected chi connectivity index (χ1v) is 3.88. The van der Waals surface area contributed by atoms with Crippen molar-refractivity contribution in [2.75, 3.05) is 0 Å². The molecule has 1 rings (SSSR count). The van der Waals surface area contributed by atoms with Crippen molar-refractivity contribution in [2.45, 2.75) is 9.79 Å². The first-order chi connectivity index (χ1) is 5.33. The fraction of sp³-hybridized carbons (Fsp3) is 0. The molecular formula is C6H4AuKO3S2. The average Bonchev–Trinajstić information content (AvgIpc) is 2.04. The van der Waals surface area contributed by atoms with Crippen LogP contribution in [0.4, 0.5) is 0 Å². The monoisotopic (exact) mass is 424 g/mol. The summed E-state index contributed by atoms with van der Waals surface area (Å²) in [5, 5.41) is 12.6. The zero-order valence-corrected chi connectivity index (χ0v) is 13.6. The van der Waals surface area contributed by atoms with Gasteiger partial charge < -0.3 is 17.9 Å². The second-order valence-corrected chi connectivity index (χ2v) is 2.94. The van der Waals surface area contributed by atoms with Crippen molar-refractivity contribution >= 4 is 24.7 Å². The summed E-state index contributed by atoms with van der Waals surface area (Å²) in [7, 11) is 0. The minimum absolute atomic E-state index is 0. The van der Waals surface area contributed by atoms with E-state index in [-0.39, 0.29) is 73.8 Å². The summed E-state index contributed by atoms with van der Waals surface area (Å²) in [6.07, 6.45) is 0. The number of rotatable bonds is 3. The molecule has 70 valence electrons. The third-order valence-corrected chi connectivity index (χ3v) is 1.84. The van der Waals surface area contributed by atoms with Crippen molar-refractivity contribution in [3.63, 3.8) is 0 Å². The summed E-state index contributed by atoms with van der Waals surface area (Å²) < 4.78 is 4.09. The topological polar surface area (TPSA) is 41.5 Å². The van der Waals surface area contributed by atoms with Crippen LogP contribution < -0.4 is 56.6 Å². The minimum atomic E-state index is 0. The minimum Gasteiger partial charge on any atom is -0.780 e. The quantitative estimate of drug-likeness (QED) is 0.182. The van der Waals surface area contributed by atoms with Gasteiger partial charge in [-0.05, 0) is 12.1 Å². The molecule has 0 aliphatic rings. The fourth-order valence-electron chi connectivity index (χ4n) is 0.548. The summed E-state index contributed by atoms with van der Waals surface area (Å²) >= 11 is 5.69. The van der Waals surface area contributed by atoms with Gasteiger partial charge in [-0.1, -0.05) is 12.1 Å². The Bertz CT molecular complexity index is 222. The van der Waals surface area contributed by atoms with Crippen LogP contribution in [0, 0.1) is 0 Å². The van der Waals surface area contributed by atoms with Gasteiger partial charge in [0, 0.05) is 4.90 Å². The van der Waals surface area contributed by atoms with E-state index in [0.717, 1.165) is 21.8 Å². The molecule has 0 spiro atoms. The maximum Gasteiger partial charge on any atom is 1.00 e. The van der Waals surface area contributed by atoms with Crippen molar-refractivity contribution in [1.29, 1.82) is 0 Å². The van der Waals surface area contributed by atoms with Gasteiger partial charge in [-0.2, -0.15) is 9.23 Å². The van der Waals surface area contributed by atoms with Crippen LogP contribution in [0.3, 0.4) is 0 Å². The number of hydrogen-bond acceptors (Lipinski definition) is 5. The summed E-state index contributed by atoms with van der Waals surface area (Å²) in [6.45, 7) is 0. The molecule has 0 atom stereocenters. The SMILES string of the molecule is [Au+].[K+].[O-]OOSc1ccc([S-])cc1. The molecule has 0 unspecified atom stereocenters. The summed E-state index contributed by atoms with van der Waals surface area (Å²) in [5.74, 6) is 0. The molecule has 0 N–H and O–H groups in total. The van der Waals surface area contributed by atoms with Crippen molar-refractivity contribution in [1.82, 2.24) is 0 Å². The predicted molar refractivity (Wildman–Crippen MR) is 40.1 cm³/mol. The molecule has 0 fully saturated rings. The van der Waals surface area contributed by atoms with Gasteiger partial charge in [-0.25, -0.2) is 0 Å². The van der Waals surface area contributed by atoms with E-state index in [1.54, 1.807) is 24.3 Å². The van der Waals surface area contributed by atoms with Gasteiger partial charge in [0.25, 0.3) is 0 Å². The van der Waals surface area contributed by atoms with E-state index >= 15 is 0 Å². The molecule has 1 aromatic rings. The Morgan fingerprint density at radius 2 is 1.77 bits per heavy atom. The zero-order chi connectivity index (χ0) is 8.10. The molecule has 0 aliphatic heterocycles. The molecule has 3 nitrogen and oxygen atoms in total. The van der Waals surface area contributed by atoms with Gasteiger partial charge in [0.2, 0.25) is 0 Å². The van der Waals surface area contributed by atoms with E-state index in [2.05, 4.69) is 9.37 Å². The maximum atomic E-state index is 9.41. The molecule has 0 amide bonds. The summed E-state index contributed by atoms with van der Waals surface area (Å²) in [5.41, 5.74) is 0. The van der Waals surface area contributed by atoms with E-state index in [9.17, 15) is 5.26 Å². The van der Waals surface area contributed by atoms with Gasteiger partial charge in [0.15, 0.2) is 0 Å². The predicted octanol–water partition coefficient (Wildman–Crippen LogP) is -2.18.